The molecule has 1 aromatic carbocycles. The van der Waals surface area contributed by atoms with Gasteiger partial charge in [0.25, 0.3) is 0 Å². The maximum absolute atomic E-state index is 12.8. The Balaban J connectivity index is 1.50. The van der Waals surface area contributed by atoms with Crippen LogP contribution in [0.3, 0.4) is 0 Å². The molecule has 2 saturated heterocycles. The molecule has 1 aromatic rings. The third-order valence-corrected chi connectivity index (χ3v) is 7.26. The largest absolute Gasteiger partial charge is 0.374 e. The molecule has 2 aliphatic rings. The number of hydrogen-bond donors (Lipinski definition) is 0. The smallest absolute Gasteiger partial charge is 0.243 e. The van der Waals surface area contributed by atoms with Crippen molar-refractivity contribution < 1.29 is 13.2 Å². The van der Waals surface area contributed by atoms with Crippen molar-refractivity contribution in [2.45, 2.75) is 24.8 Å². The molecule has 8 heteroatoms. The molecule has 0 amide bonds. The van der Waals surface area contributed by atoms with Gasteiger partial charge in [0.15, 0.2) is 0 Å². The van der Waals surface area contributed by atoms with Crippen molar-refractivity contribution in [2.75, 3.05) is 59.0 Å². The van der Waals surface area contributed by atoms with Gasteiger partial charge < -0.3 is 4.74 Å². The molecule has 3 rings (SSSR count). The standard InChI is InChI=1S/C19H30ClN3O3S/c1-16(2)13-22-11-12-26-18(15-22)14-21-7-9-23(10-8-21)27(24,25)19-5-3-17(20)4-6-19/h3-6,16,18H,7-15H2,1-2H3/t18-/m0/s1. The highest BCUT2D eigenvalue weighted by atomic mass is 35.5. The number of morpholine rings is 1. The topological polar surface area (TPSA) is 53.1 Å². The lowest BCUT2D eigenvalue weighted by molar-refractivity contribution is -0.0486. The van der Waals surface area contributed by atoms with E-state index in [1.54, 1.807) is 28.6 Å². The molecule has 0 aromatic heterocycles. The van der Waals surface area contributed by atoms with Crippen molar-refractivity contribution in [3.8, 4) is 0 Å². The van der Waals surface area contributed by atoms with Crippen LogP contribution in [-0.4, -0.2) is 87.6 Å². The minimum absolute atomic E-state index is 0.205. The molecule has 0 spiro atoms. The highest BCUT2D eigenvalue weighted by Gasteiger charge is 2.30. The summed E-state index contributed by atoms with van der Waals surface area (Å²) in [5, 5.41) is 0.540. The minimum atomic E-state index is -3.45. The fourth-order valence-electron chi connectivity index (χ4n) is 3.77. The zero-order valence-corrected chi connectivity index (χ0v) is 17.8. The average molecular weight is 416 g/mol. The molecular weight excluding hydrogens is 386 g/mol. The Labute approximate surface area is 168 Å². The molecule has 0 aliphatic carbocycles. The van der Waals surface area contributed by atoms with Gasteiger partial charge in [-0.2, -0.15) is 4.31 Å². The van der Waals surface area contributed by atoms with E-state index in [1.807, 2.05) is 0 Å². The predicted octanol–water partition coefficient (Wildman–Crippen LogP) is 2.00. The number of ether oxygens (including phenoxy) is 1. The first-order chi connectivity index (χ1) is 12.8. The van der Waals surface area contributed by atoms with Gasteiger partial charge in [-0.05, 0) is 30.2 Å². The molecule has 2 aliphatic heterocycles. The molecule has 2 heterocycles. The van der Waals surface area contributed by atoms with Crippen LogP contribution in [0.25, 0.3) is 0 Å². The molecule has 0 saturated carbocycles. The summed E-state index contributed by atoms with van der Waals surface area (Å²) in [6.07, 6.45) is 0.205. The van der Waals surface area contributed by atoms with Gasteiger partial charge in [0.2, 0.25) is 10.0 Å². The second-order valence-electron chi connectivity index (χ2n) is 7.80. The Morgan fingerprint density at radius 3 is 2.37 bits per heavy atom. The first-order valence-electron chi connectivity index (χ1n) is 9.66. The normalized spacial score (nSPS) is 23.8. The van der Waals surface area contributed by atoms with Gasteiger partial charge in [0, 0.05) is 57.4 Å². The number of benzene rings is 1. The van der Waals surface area contributed by atoms with E-state index in [0.717, 1.165) is 45.9 Å². The summed E-state index contributed by atoms with van der Waals surface area (Å²) in [5.74, 6) is 0.658. The van der Waals surface area contributed by atoms with Crippen LogP contribution in [0.1, 0.15) is 13.8 Å². The van der Waals surface area contributed by atoms with Crippen LogP contribution in [0.2, 0.25) is 5.02 Å². The third kappa shape index (κ3) is 5.65. The van der Waals surface area contributed by atoms with E-state index >= 15 is 0 Å². The van der Waals surface area contributed by atoms with Gasteiger partial charge in [0.05, 0.1) is 17.6 Å². The maximum atomic E-state index is 12.8. The van der Waals surface area contributed by atoms with Crippen LogP contribution >= 0.6 is 11.6 Å². The molecule has 0 radical (unpaired) electrons. The van der Waals surface area contributed by atoms with Crippen molar-refractivity contribution in [1.29, 1.82) is 0 Å². The van der Waals surface area contributed by atoms with E-state index in [9.17, 15) is 8.42 Å². The van der Waals surface area contributed by atoms with Crippen molar-refractivity contribution >= 4 is 21.6 Å². The van der Waals surface area contributed by atoms with Gasteiger partial charge in [-0.3, -0.25) is 9.80 Å². The zero-order valence-electron chi connectivity index (χ0n) is 16.2. The number of rotatable bonds is 6. The second-order valence-corrected chi connectivity index (χ2v) is 10.2. The number of halogens is 1. The predicted molar refractivity (Wildman–Crippen MR) is 108 cm³/mol. The van der Waals surface area contributed by atoms with E-state index in [2.05, 4.69) is 23.6 Å². The van der Waals surface area contributed by atoms with Gasteiger partial charge in [0.1, 0.15) is 0 Å². The summed E-state index contributed by atoms with van der Waals surface area (Å²) in [4.78, 5) is 5.10. The first kappa shape index (κ1) is 21.0. The van der Waals surface area contributed by atoms with Crippen LogP contribution in [0, 0.1) is 5.92 Å². The van der Waals surface area contributed by atoms with Crippen molar-refractivity contribution in [1.82, 2.24) is 14.1 Å². The fraction of sp³-hybridized carbons (Fsp3) is 0.684. The van der Waals surface area contributed by atoms with Crippen molar-refractivity contribution in [3.63, 3.8) is 0 Å². The van der Waals surface area contributed by atoms with Crippen LogP contribution in [0.5, 0.6) is 0 Å². The van der Waals surface area contributed by atoms with Gasteiger partial charge in [-0.25, -0.2) is 8.42 Å². The van der Waals surface area contributed by atoms with Crippen molar-refractivity contribution in [3.05, 3.63) is 29.3 Å². The number of sulfonamides is 1. The maximum Gasteiger partial charge on any atom is 0.243 e. The summed E-state index contributed by atoms with van der Waals surface area (Å²) in [6.45, 7) is 11.7. The van der Waals surface area contributed by atoms with Gasteiger partial charge in [-0.1, -0.05) is 25.4 Å². The lowest BCUT2D eigenvalue weighted by Crippen LogP contribution is -2.53. The zero-order chi connectivity index (χ0) is 19.4. The summed E-state index contributed by atoms with van der Waals surface area (Å²) in [7, 11) is -3.45. The van der Waals surface area contributed by atoms with Crippen LogP contribution in [0.15, 0.2) is 29.2 Å². The number of nitrogens with zero attached hydrogens (tertiary/aromatic N) is 3. The summed E-state index contributed by atoms with van der Waals surface area (Å²) in [6, 6.07) is 6.38. The molecule has 1 atom stereocenters. The molecular formula is C19H30ClN3O3S. The Bertz CT molecular complexity index is 703. The summed E-state index contributed by atoms with van der Waals surface area (Å²) >= 11 is 5.87. The van der Waals surface area contributed by atoms with Crippen molar-refractivity contribution in [2.24, 2.45) is 5.92 Å². The summed E-state index contributed by atoms with van der Waals surface area (Å²) in [5.41, 5.74) is 0. The highest BCUT2D eigenvalue weighted by molar-refractivity contribution is 7.89. The Morgan fingerprint density at radius 1 is 1.07 bits per heavy atom. The Kier molecular flexibility index (Phi) is 7.16. The van der Waals surface area contributed by atoms with Crippen LogP contribution in [-0.2, 0) is 14.8 Å². The molecule has 0 N–H and O–H groups in total. The lowest BCUT2D eigenvalue weighted by Gasteiger charge is -2.39. The van der Waals surface area contributed by atoms with Gasteiger partial charge >= 0.3 is 0 Å². The quantitative estimate of drug-likeness (QED) is 0.711. The van der Waals surface area contributed by atoms with E-state index in [1.165, 1.54) is 0 Å². The fourth-order valence-corrected chi connectivity index (χ4v) is 5.32. The van der Waals surface area contributed by atoms with E-state index < -0.39 is 10.0 Å². The van der Waals surface area contributed by atoms with E-state index in [-0.39, 0.29) is 6.10 Å². The molecule has 27 heavy (non-hydrogen) atoms. The summed E-state index contributed by atoms with van der Waals surface area (Å²) < 4.78 is 33.1. The SMILES string of the molecule is CC(C)CN1CCO[C@@H](CN2CCN(S(=O)(=O)c3ccc(Cl)cc3)CC2)C1. The molecule has 0 unspecified atom stereocenters. The van der Waals surface area contributed by atoms with Crippen LogP contribution < -0.4 is 0 Å². The lowest BCUT2D eigenvalue weighted by atomic mass is 10.1. The molecule has 152 valence electrons. The number of hydrogen-bond acceptors (Lipinski definition) is 5. The highest BCUT2D eigenvalue weighted by Crippen LogP contribution is 2.20. The minimum Gasteiger partial charge on any atom is -0.374 e. The van der Waals surface area contributed by atoms with Gasteiger partial charge in [-0.15, -0.1) is 0 Å². The molecule has 6 nitrogen and oxygen atoms in total. The first-order valence-corrected chi connectivity index (χ1v) is 11.5. The van der Waals surface area contributed by atoms with Crippen LogP contribution in [0.4, 0.5) is 0 Å². The Hall–Kier alpha value is -0.700. The molecule has 2 fully saturated rings. The number of piperazine rings is 1. The monoisotopic (exact) mass is 415 g/mol. The second kappa shape index (κ2) is 9.20. The van der Waals surface area contributed by atoms with E-state index in [0.29, 0.717) is 28.9 Å². The van der Waals surface area contributed by atoms with E-state index in [4.69, 9.17) is 16.3 Å². The average Bonchev–Trinajstić information content (AvgIpc) is 2.62. The Morgan fingerprint density at radius 2 is 1.74 bits per heavy atom. The third-order valence-electron chi connectivity index (χ3n) is 5.09. The molecule has 0 bridgehead atoms.